The number of benzene rings is 2. The number of carbonyl (C=O) groups excluding carboxylic acids is 2. The van der Waals surface area contributed by atoms with E-state index in [1.807, 2.05) is 0 Å². The highest BCUT2D eigenvalue weighted by Crippen LogP contribution is 2.38. The molecule has 0 saturated heterocycles. The number of nitriles is 1. The molecule has 0 aliphatic rings. The minimum Gasteiger partial charge on any atom is -0.491 e. The van der Waals surface area contributed by atoms with Crippen LogP contribution in [0.1, 0.15) is 28.0 Å². The van der Waals surface area contributed by atoms with E-state index in [4.69, 9.17) is 10.5 Å². The number of anilines is 1. The number of hydrogen-bond acceptors (Lipinski definition) is 6. The van der Waals surface area contributed by atoms with Crippen LogP contribution in [0.15, 0.2) is 60.8 Å². The number of aromatic nitrogens is 1. The van der Waals surface area contributed by atoms with Gasteiger partial charge in [-0.1, -0.05) is 24.3 Å². The molecule has 0 atom stereocenters. The fraction of sp³-hybridized carbons (Fsp3) is 0.231. The van der Waals surface area contributed by atoms with Crippen LogP contribution in [0.5, 0.6) is 5.75 Å². The maximum absolute atomic E-state index is 13.6. The first-order valence-corrected chi connectivity index (χ1v) is 11.2. The molecule has 37 heavy (non-hydrogen) atoms. The molecule has 3 rings (SSSR count). The minimum atomic E-state index is -4.80. The van der Waals surface area contributed by atoms with Crippen LogP contribution in [0.3, 0.4) is 0 Å². The van der Waals surface area contributed by atoms with Crippen molar-refractivity contribution in [2.45, 2.75) is 12.6 Å². The summed E-state index contributed by atoms with van der Waals surface area (Å²) >= 11 is 0. The summed E-state index contributed by atoms with van der Waals surface area (Å²) in [6.45, 7) is 0.730. The lowest BCUT2D eigenvalue weighted by Gasteiger charge is -2.21. The molecule has 0 radical (unpaired) electrons. The van der Waals surface area contributed by atoms with Gasteiger partial charge in [0.2, 0.25) is 5.91 Å². The first-order valence-electron chi connectivity index (χ1n) is 11.2. The maximum atomic E-state index is 13.6. The Morgan fingerprint density at radius 3 is 2.62 bits per heavy atom. The number of nitrogens with zero attached hydrogens (tertiary/aromatic N) is 3. The second-order valence-electron chi connectivity index (χ2n) is 7.84. The molecule has 8 nitrogen and oxygen atoms in total. The molecule has 1 aromatic heterocycles. The average Bonchev–Trinajstić information content (AvgIpc) is 2.90. The standard InChI is InChI=1S/C26H24F3N5O3/c1-34(20-7-2-3-8-21(20)37-14-10-22(35)32-13-11-30)25(36)18-6-4-5-17(15-18)23-19(16-31)9-12-33-24(23)26(27,28)29/h2-9,12,15H,10-11,13-14,30H2,1H3,(H,32,35). The van der Waals surface area contributed by atoms with Gasteiger partial charge in [0, 0.05) is 37.5 Å². The monoisotopic (exact) mass is 511 g/mol. The normalized spacial score (nSPS) is 10.9. The van der Waals surface area contributed by atoms with Crippen molar-refractivity contribution < 1.29 is 27.5 Å². The largest absolute Gasteiger partial charge is 0.491 e. The summed E-state index contributed by atoms with van der Waals surface area (Å²) < 4.78 is 46.6. The van der Waals surface area contributed by atoms with Crippen LogP contribution < -0.4 is 20.7 Å². The van der Waals surface area contributed by atoms with Crippen LogP contribution in [0, 0.1) is 11.3 Å². The molecule has 3 N–H and O–H groups in total. The fourth-order valence-corrected chi connectivity index (χ4v) is 3.58. The third-order valence-corrected chi connectivity index (χ3v) is 5.32. The van der Waals surface area contributed by atoms with Crippen molar-refractivity contribution in [1.82, 2.24) is 10.3 Å². The molecule has 1 heterocycles. The summed E-state index contributed by atoms with van der Waals surface area (Å²) in [7, 11) is 1.50. The van der Waals surface area contributed by atoms with Crippen molar-refractivity contribution in [3.8, 4) is 22.9 Å². The highest BCUT2D eigenvalue weighted by molar-refractivity contribution is 6.07. The fourth-order valence-electron chi connectivity index (χ4n) is 3.58. The van der Waals surface area contributed by atoms with Gasteiger partial charge < -0.3 is 20.7 Å². The molecular weight excluding hydrogens is 487 g/mol. The minimum absolute atomic E-state index is 0.0317. The van der Waals surface area contributed by atoms with Crippen molar-refractivity contribution in [3.63, 3.8) is 0 Å². The zero-order valence-corrected chi connectivity index (χ0v) is 19.9. The Hall–Kier alpha value is -4.43. The predicted octanol–water partition coefficient (Wildman–Crippen LogP) is 3.76. The number of ether oxygens (including phenoxy) is 1. The van der Waals surface area contributed by atoms with Crippen LogP contribution in [-0.4, -0.2) is 43.5 Å². The highest BCUT2D eigenvalue weighted by Gasteiger charge is 2.37. The molecule has 2 aromatic carbocycles. The topological polar surface area (TPSA) is 121 Å². The molecule has 3 aromatic rings. The number of para-hydroxylation sites is 2. The van der Waals surface area contributed by atoms with Gasteiger partial charge in [-0.3, -0.25) is 14.6 Å². The van der Waals surface area contributed by atoms with Gasteiger partial charge in [-0.25, -0.2) is 0 Å². The summed E-state index contributed by atoms with van der Waals surface area (Å²) in [6, 6.07) is 15.2. The summed E-state index contributed by atoms with van der Waals surface area (Å²) in [5.74, 6) is -0.399. The SMILES string of the molecule is CN(C(=O)c1cccc(-c2c(C#N)ccnc2C(F)(F)F)c1)c1ccccc1OCCC(=O)NCCN. The maximum Gasteiger partial charge on any atom is 0.434 e. The van der Waals surface area contributed by atoms with Gasteiger partial charge in [-0.2, -0.15) is 18.4 Å². The quantitative estimate of drug-likeness (QED) is 0.451. The van der Waals surface area contributed by atoms with Crippen LogP contribution in [0.2, 0.25) is 0 Å². The molecule has 2 amide bonds. The van der Waals surface area contributed by atoms with Crippen molar-refractivity contribution in [2.24, 2.45) is 5.73 Å². The zero-order chi connectivity index (χ0) is 27.0. The molecule has 0 spiro atoms. The Morgan fingerprint density at radius 1 is 1.16 bits per heavy atom. The van der Waals surface area contributed by atoms with Crippen molar-refractivity contribution in [1.29, 1.82) is 5.26 Å². The number of alkyl halides is 3. The van der Waals surface area contributed by atoms with Gasteiger partial charge in [0.15, 0.2) is 5.69 Å². The van der Waals surface area contributed by atoms with Crippen LogP contribution in [-0.2, 0) is 11.0 Å². The van der Waals surface area contributed by atoms with Crippen molar-refractivity contribution >= 4 is 17.5 Å². The van der Waals surface area contributed by atoms with Gasteiger partial charge in [0.05, 0.1) is 30.3 Å². The molecule has 0 aliphatic heterocycles. The van der Waals surface area contributed by atoms with Gasteiger partial charge in [-0.15, -0.1) is 0 Å². The van der Waals surface area contributed by atoms with E-state index in [-0.39, 0.29) is 35.6 Å². The number of halogens is 3. The Morgan fingerprint density at radius 2 is 1.92 bits per heavy atom. The van der Waals surface area contributed by atoms with E-state index in [1.165, 1.54) is 42.3 Å². The lowest BCUT2D eigenvalue weighted by Crippen LogP contribution is -2.30. The zero-order valence-electron chi connectivity index (χ0n) is 19.9. The second kappa shape index (κ2) is 12.0. The van der Waals surface area contributed by atoms with Crippen molar-refractivity contribution in [3.05, 3.63) is 77.6 Å². The Bertz CT molecular complexity index is 1320. The lowest BCUT2D eigenvalue weighted by molar-refractivity contribution is -0.140. The Labute approximate surface area is 211 Å². The van der Waals surface area contributed by atoms with Gasteiger partial charge in [0.25, 0.3) is 5.91 Å². The third-order valence-electron chi connectivity index (χ3n) is 5.32. The molecule has 0 saturated carbocycles. The number of nitrogens with one attached hydrogen (secondary N) is 1. The summed E-state index contributed by atoms with van der Waals surface area (Å²) in [6.07, 6.45) is -3.79. The summed E-state index contributed by atoms with van der Waals surface area (Å²) in [5, 5.41) is 12.0. The van der Waals surface area contributed by atoms with E-state index >= 15 is 0 Å². The van der Waals surface area contributed by atoms with Crippen LogP contribution >= 0.6 is 0 Å². The first kappa shape index (κ1) is 27.2. The highest BCUT2D eigenvalue weighted by atomic mass is 19.4. The molecule has 192 valence electrons. The van der Waals surface area contributed by atoms with E-state index in [0.29, 0.717) is 24.5 Å². The van der Waals surface area contributed by atoms with Gasteiger partial charge in [-0.05, 0) is 35.9 Å². The van der Waals surface area contributed by atoms with E-state index in [0.717, 1.165) is 6.20 Å². The molecule has 0 fully saturated rings. The lowest BCUT2D eigenvalue weighted by atomic mass is 9.96. The summed E-state index contributed by atoms with van der Waals surface area (Å²) in [4.78, 5) is 29.8. The average molecular weight is 512 g/mol. The van der Waals surface area contributed by atoms with Gasteiger partial charge in [0.1, 0.15) is 5.75 Å². The van der Waals surface area contributed by atoms with Crippen LogP contribution in [0.25, 0.3) is 11.1 Å². The number of amides is 2. The number of carbonyl (C=O) groups is 2. The Kier molecular flexibility index (Phi) is 8.81. The number of hydrogen-bond donors (Lipinski definition) is 2. The van der Waals surface area contributed by atoms with Crippen molar-refractivity contribution in [2.75, 3.05) is 31.6 Å². The molecular formula is C26H24F3N5O3. The second-order valence-corrected chi connectivity index (χ2v) is 7.84. The smallest absolute Gasteiger partial charge is 0.434 e. The number of rotatable bonds is 9. The third kappa shape index (κ3) is 6.62. The summed E-state index contributed by atoms with van der Waals surface area (Å²) in [5.41, 5.74) is 4.06. The van der Waals surface area contributed by atoms with Crippen LogP contribution in [0.4, 0.5) is 18.9 Å². The number of pyridine rings is 1. The van der Waals surface area contributed by atoms with Gasteiger partial charge >= 0.3 is 6.18 Å². The van der Waals surface area contributed by atoms with E-state index in [9.17, 15) is 28.0 Å². The van der Waals surface area contributed by atoms with E-state index in [2.05, 4.69) is 10.3 Å². The Balaban J connectivity index is 1.87. The molecule has 0 aliphatic carbocycles. The van der Waals surface area contributed by atoms with E-state index in [1.54, 1.807) is 30.3 Å². The molecule has 11 heteroatoms. The first-order chi connectivity index (χ1) is 17.7. The number of nitrogens with two attached hydrogens (primary N) is 1. The molecule has 0 bridgehead atoms. The van der Waals surface area contributed by atoms with E-state index < -0.39 is 23.3 Å². The predicted molar refractivity (Wildman–Crippen MR) is 131 cm³/mol. The molecule has 0 unspecified atom stereocenters.